The first-order valence-corrected chi connectivity index (χ1v) is 8.59. The number of carbonyl (C=O) groups excluding carboxylic acids is 1. The Morgan fingerprint density at radius 1 is 1.32 bits per heavy atom. The van der Waals surface area contributed by atoms with Gasteiger partial charge in [-0.05, 0) is 31.0 Å². The van der Waals surface area contributed by atoms with Crippen molar-refractivity contribution in [3.8, 4) is 0 Å². The second-order valence-electron chi connectivity index (χ2n) is 5.11. The SMILES string of the molecule is C=CCNC(=O)c1cc(S(=O)(=O)N2CCCCC2)ccc1F. The molecule has 7 heteroatoms. The molecule has 22 heavy (non-hydrogen) atoms. The molecule has 0 spiro atoms. The number of hydrogen-bond donors (Lipinski definition) is 1. The number of piperidine rings is 1. The molecule has 1 aliphatic rings. The van der Waals surface area contributed by atoms with Crippen molar-refractivity contribution in [1.82, 2.24) is 9.62 Å². The van der Waals surface area contributed by atoms with E-state index < -0.39 is 21.7 Å². The van der Waals surface area contributed by atoms with Gasteiger partial charge >= 0.3 is 0 Å². The zero-order valence-electron chi connectivity index (χ0n) is 12.2. The number of nitrogens with zero attached hydrogens (tertiary/aromatic N) is 1. The number of amides is 1. The number of sulfonamides is 1. The number of carbonyl (C=O) groups is 1. The fourth-order valence-corrected chi connectivity index (χ4v) is 3.90. The lowest BCUT2D eigenvalue weighted by molar-refractivity contribution is 0.0953. The molecule has 2 rings (SSSR count). The molecule has 1 fully saturated rings. The van der Waals surface area contributed by atoms with Crippen LogP contribution in [0.1, 0.15) is 29.6 Å². The summed E-state index contributed by atoms with van der Waals surface area (Å²) in [5, 5.41) is 2.44. The van der Waals surface area contributed by atoms with Gasteiger partial charge in [-0.25, -0.2) is 12.8 Å². The third-order valence-electron chi connectivity index (χ3n) is 3.54. The predicted molar refractivity (Wildman–Crippen MR) is 81.5 cm³/mol. The highest BCUT2D eigenvalue weighted by atomic mass is 32.2. The Kier molecular flexibility index (Phi) is 5.31. The topological polar surface area (TPSA) is 66.5 Å². The Bertz CT molecular complexity index is 667. The molecular formula is C15H19FN2O3S. The van der Waals surface area contributed by atoms with Crippen LogP contribution in [-0.2, 0) is 10.0 Å². The molecule has 120 valence electrons. The fraction of sp³-hybridized carbons (Fsp3) is 0.400. The third-order valence-corrected chi connectivity index (χ3v) is 5.44. The molecule has 0 saturated carbocycles. The first-order valence-electron chi connectivity index (χ1n) is 7.15. The molecule has 0 aliphatic carbocycles. The van der Waals surface area contributed by atoms with Gasteiger partial charge in [-0.1, -0.05) is 12.5 Å². The van der Waals surface area contributed by atoms with Crippen molar-refractivity contribution < 1.29 is 17.6 Å². The van der Waals surface area contributed by atoms with Crippen LogP contribution in [0, 0.1) is 5.82 Å². The number of nitrogens with one attached hydrogen (secondary N) is 1. The van der Waals surface area contributed by atoms with E-state index >= 15 is 0 Å². The normalized spacial score (nSPS) is 16.2. The van der Waals surface area contributed by atoms with E-state index in [2.05, 4.69) is 11.9 Å². The summed E-state index contributed by atoms with van der Waals surface area (Å²) in [6.45, 7) is 4.55. The number of halogens is 1. The average Bonchev–Trinajstić information content (AvgIpc) is 2.53. The summed E-state index contributed by atoms with van der Waals surface area (Å²) < 4.78 is 40.3. The lowest BCUT2D eigenvalue weighted by atomic mass is 10.2. The summed E-state index contributed by atoms with van der Waals surface area (Å²) in [4.78, 5) is 11.8. The van der Waals surface area contributed by atoms with Crippen LogP contribution in [-0.4, -0.2) is 38.3 Å². The van der Waals surface area contributed by atoms with E-state index in [0.717, 1.165) is 31.4 Å². The zero-order chi connectivity index (χ0) is 16.2. The van der Waals surface area contributed by atoms with E-state index in [1.807, 2.05) is 0 Å². The molecule has 0 radical (unpaired) electrons. The summed E-state index contributed by atoms with van der Waals surface area (Å²) in [5.74, 6) is -1.41. The largest absolute Gasteiger partial charge is 0.348 e. The summed E-state index contributed by atoms with van der Waals surface area (Å²) in [6.07, 6.45) is 4.09. The maximum absolute atomic E-state index is 13.8. The first kappa shape index (κ1) is 16.6. The second-order valence-corrected chi connectivity index (χ2v) is 7.04. The maximum Gasteiger partial charge on any atom is 0.254 e. The number of benzene rings is 1. The van der Waals surface area contributed by atoms with E-state index in [1.54, 1.807) is 0 Å². The molecular weight excluding hydrogens is 307 g/mol. The Morgan fingerprint density at radius 2 is 2.00 bits per heavy atom. The van der Waals surface area contributed by atoms with Crippen LogP contribution in [0.25, 0.3) is 0 Å². The van der Waals surface area contributed by atoms with Crippen LogP contribution >= 0.6 is 0 Å². The molecule has 5 nitrogen and oxygen atoms in total. The molecule has 1 aromatic rings. The van der Waals surface area contributed by atoms with Gasteiger partial charge in [-0.2, -0.15) is 4.31 Å². The van der Waals surface area contributed by atoms with Gasteiger partial charge in [0.05, 0.1) is 10.5 Å². The van der Waals surface area contributed by atoms with Crippen LogP contribution in [0.3, 0.4) is 0 Å². The van der Waals surface area contributed by atoms with Crippen molar-refractivity contribution in [2.75, 3.05) is 19.6 Å². The van der Waals surface area contributed by atoms with Crippen molar-refractivity contribution >= 4 is 15.9 Å². The third kappa shape index (κ3) is 3.53. The summed E-state index contributed by atoms with van der Waals surface area (Å²) in [5.41, 5.74) is -0.278. The Hall–Kier alpha value is -1.73. The maximum atomic E-state index is 13.8. The quantitative estimate of drug-likeness (QED) is 0.841. The zero-order valence-corrected chi connectivity index (χ0v) is 13.0. The summed E-state index contributed by atoms with van der Waals surface area (Å²) in [7, 11) is -3.69. The molecule has 1 heterocycles. The highest BCUT2D eigenvalue weighted by molar-refractivity contribution is 7.89. The van der Waals surface area contributed by atoms with Crippen LogP contribution in [0.4, 0.5) is 4.39 Å². The minimum absolute atomic E-state index is 0.0560. The Labute approximate surface area is 129 Å². The highest BCUT2D eigenvalue weighted by Gasteiger charge is 2.27. The standard InChI is InChI=1S/C15H19FN2O3S/c1-2-8-17-15(19)13-11-12(6-7-14(13)16)22(20,21)18-9-4-3-5-10-18/h2,6-7,11H,1,3-5,8-10H2,(H,17,19). The Morgan fingerprint density at radius 3 is 2.64 bits per heavy atom. The average molecular weight is 326 g/mol. The number of hydrogen-bond acceptors (Lipinski definition) is 3. The van der Waals surface area contributed by atoms with Gasteiger partial charge in [0, 0.05) is 19.6 Å². The highest BCUT2D eigenvalue weighted by Crippen LogP contribution is 2.22. The molecule has 0 unspecified atom stereocenters. The van der Waals surface area contributed by atoms with Crippen molar-refractivity contribution in [2.24, 2.45) is 0 Å². The first-order chi connectivity index (χ1) is 10.5. The van der Waals surface area contributed by atoms with Crippen LogP contribution in [0.2, 0.25) is 0 Å². The molecule has 0 aromatic heterocycles. The van der Waals surface area contributed by atoms with E-state index in [0.29, 0.717) is 13.1 Å². The van der Waals surface area contributed by atoms with Crippen LogP contribution < -0.4 is 5.32 Å². The molecule has 1 N–H and O–H groups in total. The van der Waals surface area contributed by atoms with E-state index in [4.69, 9.17) is 0 Å². The van der Waals surface area contributed by atoms with Crippen molar-refractivity contribution in [3.05, 3.63) is 42.2 Å². The summed E-state index contributed by atoms with van der Waals surface area (Å²) >= 11 is 0. The van der Waals surface area contributed by atoms with Crippen LogP contribution in [0.15, 0.2) is 35.7 Å². The van der Waals surface area contributed by atoms with Gasteiger partial charge in [0.15, 0.2) is 0 Å². The molecule has 1 amide bonds. The van der Waals surface area contributed by atoms with Gasteiger partial charge in [0.2, 0.25) is 10.0 Å². The van der Waals surface area contributed by atoms with Gasteiger partial charge in [-0.15, -0.1) is 6.58 Å². The lowest BCUT2D eigenvalue weighted by Crippen LogP contribution is -2.35. The molecule has 0 bridgehead atoms. The van der Waals surface area contributed by atoms with Crippen molar-refractivity contribution in [3.63, 3.8) is 0 Å². The van der Waals surface area contributed by atoms with E-state index in [1.165, 1.54) is 16.4 Å². The Balaban J connectivity index is 2.31. The molecule has 1 aliphatic heterocycles. The summed E-state index contributed by atoms with van der Waals surface area (Å²) in [6, 6.07) is 3.31. The minimum atomic E-state index is -3.69. The smallest absolute Gasteiger partial charge is 0.254 e. The van der Waals surface area contributed by atoms with Gasteiger partial charge in [0.25, 0.3) is 5.91 Å². The van der Waals surface area contributed by atoms with Gasteiger partial charge in [0.1, 0.15) is 5.82 Å². The lowest BCUT2D eigenvalue weighted by Gasteiger charge is -2.26. The monoisotopic (exact) mass is 326 g/mol. The predicted octanol–water partition coefficient (Wildman–Crippen LogP) is 1.92. The molecule has 1 aromatic carbocycles. The van der Waals surface area contributed by atoms with Crippen molar-refractivity contribution in [2.45, 2.75) is 24.2 Å². The molecule has 0 atom stereocenters. The van der Waals surface area contributed by atoms with E-state index in [-0.39, 0.29) is 17.0 Å². The van der Waals surface area contributed by atoms with Crippen molar-refractivity contribution in [1.29, 1.82) is 0 Å². The minimum Gasteiger partial charge on any atom is -0.348 e. The van der Waals surface area contributed by atoms with Crippen LogP contribution in [0.5, 0.6) is 0 Å². The molecule has 1 saturated heterocycles. The second kappa shape index (κ2) is 7.02. The fourth-order valence-electron chi connectivity index (χ4n) is 2.35. The van der Waals surface area contributed by atoms with Gasteiger partial charge < -0.3 is 5.32 Å². The van der Waals surface area contributed by atoms with Gasteiger partial charge in [-0.3, -0.25) is 4.79 Å². The number of rotatable bonds is 5. The van der Waals surface area contributed by atoms with E-state index in [9.17, 15) is 17.6 Å².